The lowest BCUT2D eigenvalue weighted by Crippen LogP contribution is -2.59. The Morgan fingerprint density at radius 3 is 1.01 bits per heavy atom. The largest absolute Gasteiger partial charge is 0.372 e. The highest BCUT2D eigenvalue weighted by atomic mass is 31.0. The number of aromatic amines is 3. The number of aromatic nitrogens is 3. The van der Waals surface area contributed by atoms with Crippen LogP contribution < -0.4 is 15.1 Å². The van der Waals surface area contributed by atoms with Crippen LogP contribution in [0.4, 0.5) is 11.4 Å². The summed E-state index contributed by atoms with van der Waals surface area (Å²) in [5.41, 5.74) is 14.2. The number of hydrogen-bond donors (Lipinski definition) is 3. The Bertz CT molecular complexity index is 5780. The van der Waals surface area contributed by atoms with Crippen LogP contribution in [0.15, 0.2) is 267 Å². The number of amides is 4. The van der Waals surface area contributed by atoms with Crippen molar-refractivity contribution in [3.8, 4) is 0 Å². The second kappa shape index (κ2) is 44.1. The molecule has 3 aromatic heterocycles. The van der Waals surface area contributed by atoms with Crippen molar-refractivity contribution in [1.29, 1.82) is 0 Å². The molecule has 10 fully saturated rings. The van der Waals surface area contributed by atoms with Crippen LogP contribution >= 0.6 is 9.24 Å². The molecule has 134 heavy (non-hydrogen) atoms. The highest BCUT2D eigenvalue weighted by Crippen LogP contribution is 2.39. The number of ether oxygens (including phenoxy) is 5. The zero-order valence-corrected chi connectivity index (χ0v) is 79.3. The predicted octanol–water partition coefficient (Wildman–Crippen LogP) is 15.4. The number of nitrogens with zero attached hydrogens (tertiary/aromatic N) is 10. The molecule has 0 bridgehead atoms. The zero-order valence-electron chi connectivity index (χ0n) is 78.1. The van der Waals surface area contributed by atoms with Gasteiger partial charge in [-0.25, -0.2) is 0 Å². The van der Waals surface area contributed by atoms with E-state index >= 15 is 0 Å². The molecule has 1 atom stereocenters. The van der Waals surface area contributed by atoms with Crippen LogP contribution in [0.3, 0.4) is 0 Å². The van der Waals surface area contributed by atoms with Crippen LogP contribution in [0.25, 0.3) is 32.7 Å². The molecule has 0 radical (unpaired) electrons. The van der Waals surface area contributed by atoms with E-state index in [0.717, 1.165) is 192 Å². The van der Waals surface area contributed by atoms with E-state index in [0.29, 0.717) is 39.3 Å². The minimum absolute atomic E-state index is 0.0537. The van der Waals surface area contributed by atoms with E-state index in [2.05, 4.69) is 243 Å². The number of benzene rings is 9. The molecular formula is C111H134N13O9P. The molecule has 22 rings (SSSR count). The van der Waals surface area contributed by atoms with Gasteiger partial charge in [-0.15, -0.1) is 9.24 Å². The molecule has 4 amide bonds. The smallest absolute Gasteiger partial charge is 0.253 e. The average molecular weight is 1830 g/mol. The van der Waals surface area contributed by atoms with Crippen molar-refractivity contribution in [3.05, 3.63) is 306 Å². The van der Waals surface area contributed by atoms with Crippen molar-refractivity contribution in [1.82, 2.24) is 54.2 Å². The maximum absolute atomic E-state index is 12.5. The SMILES string of the molecule is CN1CCC2(CC1)CN(Cc1ccccc1)CCO2.O=C1COC2(CCN(CCc3c[nH]c4ccccc34)CC2)CN1Cc1ccccc1.O=C1COC2(CCN(CCc3c[nH]c4ccccc34)CC2)CN1c1cccc(P)c1.O=C1COC2(CCN(CCc3c[nH]c4ccccc34)CC2)CN1c1ccccc1.O=C1COC2(CCN(Cc3ccccc3)CC2)CN1Cc1ccccc1. The fourth-order valence-corrected chi connectivity index (χ4v) is 21.8. The first kappa shape index (κ1) is 93.9. The highest BCUT2D eigenvalue weighted by molar-refractivity contribution is 7.27. The van der Waals surface area contributed by atoms with E-state index in [1.807, 2.05) is 105 Å². The zero-order chi connectivity index (χ0) is 91.6. The summed E-state index contributed by atoms with van der Waals surface area (Å²) in [6.07, 6.45) is 19.7. The maximum Gasteiger partial charge on any atom is 0.253 e. The van der Waals surface area contributed by atoms with Crippen molar-refractivity contribution in [2.45, 2.75) is 138 Å². The Morgan fingerprint density at radius 2 is 0.612 bits per heavy atom. The van der Waals surface area contributed by atoms with Gasteiger partial charge in [-0.1, -0.05) is 206 Å². The summed E-state index contributed by atoms with van der Waals surface area (Å²) < 4.78 is 30.6. The topological polar surface area (TPSA) is 194 Å². The van der Waals surface area contributed by atoms with Crippen molar-refractivity contribution in [2.24, 2.45) is 0 Å². The maximum atomic E-state index is 12.5. The van der Waals surface area contributed by atoms with E-state index in [-0.39, 0.29) is 78.1 Å². The molecule has 702 valence electrons. The van der Waals surface area contributed by atoms with Gasteiger partial charge in [-0.3, -0.25) is 29.0 Å². The third-order valence-electron chi connectivity index (χ3n) is 29.8. The first-order chi connectivity index (χ1) is 65.5. The van der Waals surface area contributed by atoms with Gasteiger partial charge in [0, 0.05) is 187 Å². The van der Waals surface area contributed by atoms with Crippen LogP contribution in [0, 0.1) is 0 Å². The average Bonchev–Trinajstić information content (AvgIpc) is 1.44. The number of piperidine rings is 5. The second-order valence-corrected chi connectivity index (χ2v) is 39.6. The Labute approximate surface area is 792 Å². The quantitative estimate of drug-likeness (QED) is 0.0647. The molecule has 23 heteroatoms. The number of anilines is 2. The van der Waals surface area contributed by atoms with Gasteiger partial charge in [0.1, 0.15) is 26.4 Å². The lowest BCUT2D eigenvalue weighted by molar-refractivity contribution is -0.173. The molecule has 0 aliphatic carbocycles. The highest BCUT2D eigenvalue weighted by Gasteiger charge is 2.48. The van der Waals surface area contributed by atoms with Gasteiger partial charge < -0.3 is 77.8 Å². The minimum atomic E-state index is -0.220. The van der Waals surface area contributed by atoms with Gasteiger partial charge >= 0.3 is 0 Å². The van der Waals surface area contributed by atoms with Crippen LogP contribution in [-0.2, 0) is 88.3 Å². The van der Waals surface area contributed by atoms with Gasteiger partial charge in [0.15, 0.2) is 0 Å². The van der Waals surface area contributed by atoms with E-state index in [9.17, 15) is 19.2 Å². The summed E-state index contributed by atoms with van der Waals surface area (Å²) in [5.74, 6) is 0.319. The number of hydrogen-bond acceptors (Lipinski definition) is 15. The number of nitrogens with one attached hydrogen (secondary N) is 3. The van der Waals surface area contributed by atoms with Gasteiger partial charge in [-0.05, 0) is 177 Å². The molecule has 12 aromatic rings. The number of morpholine rings is 5. The number of H-pyrrole nitrogens is 3. The number of fused-ring (bicyclic) bond motifs is 3. The molecule has 13 heterocycles. The van der Waals surface area contributed by atoms with E-state index in [4.69, 9.17) is 23.7 Å². The van der Waals surface area contributed by atoms with Gasteiger partial charge in [0.2, 0.25) is 11.8 Å². The number of carbonyl (C=O) groups is 4. The molecule has 1 unspecified atom stereocenters. The molecule has 0 saturated carbocycles. The number of rotatable bonds is 19. The summed E-state index contributed by atoms with van der Waals surface area (Å²) in [5, 5.41) is 5.07. The molecule has 10 saturated heterocycles. The monoisotopic (exact) mass is 1820 g/mol. The summed E-state index contributed by atoms with van der Waals surface area (Å²) in [7, 11) is 4.92. The predicted molar refractivity (Wildman–Crippen MR) is 537 cm³/mol. The Kier molecular flexibility index (Phi) is 30.9. The summed E-state index contributed by atoms with van der Waals surface area (Å²) in [4.78, 5) is 82.6. The first-order valence-corrected chi connectivity index (χ1v) is 49.5. The fraction of sp³-hybridized carbons (Fsp3) is 0.423. The van der Waals surface area contributed by atoms with Gasteiger partial charge in [0.05, 0.1) is 60.8 Å². The third kappa shape index (κ3) is 24.1. The van der Waals surface area contributed by atoms with Crippen molar-refractivity contribution >= 4 is 82.3 Å². The van der Waals surface area contributed by atoms with Gasteiger partial charge in [0.25, 0.3) is 11.8 Å². The number of carbonyl (C=O) groups excluding carboxylic acids is 4. The lowest BCUT2D eigenvalue weighted by atomic mass is 9.89. The van der Waals surface area contributed by atoms with Crippen LogP contribution in [-0.4, -0.2) is 270 Å². The van der Waals surface area contributed by atoms with Crippen molar-refractivity contribution in [3.63, 3.8) is 0 Å². The first-order valence-electron chi connectivity index (χ1n) is 48.9. The molecule has 3 N–H and O–H groups in total. The molecule has 10 aliphatic rings. The standard InChI is InChI=1S/C25H29N3O2.C24H28N3O2P.C24H27N3O2.C22H26N2O2.C16H24N2O/c29-24-18-30-25(19-28(24)17-20-6-2-1-3-7-20)11-14-27(15-12-25)13-10-21-16-26-23-9-5-4-8-22(21)23;28-23-16-29-24(17-27(23)19-4-3-5-20(30)14-19)9-12-26(13-10-24)11-8-18-15-25-22-7-2-1-6-21(18)22;28-23-17-29-24(18-27(23)20-6-2-1-3-7-20)11-14-26(15-12-24)13-10-19-16-25-22-9-5-4-8-21(19)22;25-21-17-26-22(18-24(21)16-20-9-5-2-6-10-20)11-13-23(14-12-22)15-19-7-3-1-4-8-19;1-17-9-7-16(8-10-17)14-18(11-12-19-16)13-15-5-3-2-4-6-15/h1-9,16,26H,10-15,17-19H2;1-7,14-15,25H,8-13,16-17,30H2;1-9,16,25H,10-15,17-18H2;1-10H,11-18H2;2-6H,7-14H2,1H3. The second-order valence-electron chi connectivity index (χ2n) is 38.9. The third-order valence-corrected chi connectivity index (χ3v) is 30.1. The Morgan fingerprint density at radius 1 is 0.299 bits per heavy atom. The minimum Gasteiger partial charge on any atom is -0.372 e. The molecule has 9 aromatic carbocycles. The van der Waals surface area contributed by atoms with Gasteiger partial charge in [-0.2, -0.15) is 0 Å². The normalized spacial score (nSPS) is 20.6. The summed E-state index contributed by atoms with van der Waals surface area (Å²) >= 11 is 0. The van der Waals surface area contributed by atoms with E-state index in [1.165, 1.54) is 97.6 Å². The summed E-state index contributed by atoms with van der Waals surface area (Å²) in [6, 6.07) is 85.4. The molecule has 5 spiro atoms. The van der Waals surface area contributed by atoms with Crippen molar-refractivity contribution in [2.75, 3.05) is 174 Å². The fourth-order valence-electron chi connectivity index (χ4n) is 21.5. The lowest BCUT2D eigenvalue weighted by Gasteiger charge is -2.47. The molecule has 22 nitrogen and oxygen atoms in total. The van der Waals surface area contributed by atoms with Crippen LogP contribution in [0.2, 0.25) is 0 Å². The summed E-state index contributed by atoms with van der Waals surface area (Å²) in [6.45, 7) is 23.6. The molecular weight excluding hydrogens is 1690 g/mol. The molecule has 10 aliphatic heterocycles. The Balaban J connectivity index is 0.000000113. The van der Waals surface area contributed by atoms with E-state index < -0.39 is 0 Å². The number of likely N-dealkylation sites (tertiary alicyclic amines) is 5. The number of para-hydroxylation sites is 4. The van der Waals surface area contributed by atoms with Crippen LogP contribution in [0.5, 0.6) is 0 Å². The van der Waals surface area contributed by atoms with Crippen molar-refractivity contribution < 1.29 is 42.9 Å². The van der Waals surface area contributed by atoms with Crippen LogP contribution in [0.1, 0.15) is 103 Å². The Hall–Kier alpha value is -10.5. The van der Waals surface area contributed by atoms with E-state index in [1.54, 1.807) is 0 Å².